The number of methoxy groups -OCH3 is 3. The van der Waals surface area contributed by atoms with Crippen LogP contribution >= 0.6 is 34.7 Å². The smallest absolute Gasteiger partial charge is 0.413 e. The Morgan fingerprint density at radius 2 is 1.36 bits per heavy atom. The first-order valence-electron chi connectivity index (χ1n) is 31.2. The van der Waals surface area contributed by atoms with E-state index in [2.05, 4.69) is 38.1 Å². The van der Waals surface area contributed by atoms with E-state index in [9.17, 15) is 33.6 Å². The molecule has 2 aliphatic rings. The van der Waals surface area contributed by atoms with Crippen molar-refractivity contribution >= 4 is 92.2 Å². The van der Waals surface area contributed by atoms with Gasteiger partial charge in [-0.1, -0.05) is 72.9 Å². The number of fused-ring (bicyclic) bond motifs is 2. The SMILES string of the molecule is CCCCCN(CCNC(=O)c1nn(CC)c2cc(OCc3ccc(OC)cc3)c(OCc3ccc(OC)cc3)c(Cl)c2c1=O)CC1=C(C(=O)OCc2ccc(OC)cc2)N2C(=O)[C@@H](NC(=O)/C(=N\OC(C)(C)C(=O)OC(C)(C)C)c3csc(NC(=O)OC(C)(C)C)n3)[C@H]2SC1. The molecule has 3 N–H and O–H groups in total. The normalized spacial score (nSPS) is 14.9. The van der Waals surface area contributed by atoms with Gasteiger partial charge >= 0.3 is 18.0 Å². The number of aryl methyl sites for hydroxylation is 1. The number of oxime groups is 1. The minimum atomic E-state index is -1.72. The number of halogens is 1. The number of amides is 4. The molecule has 4 heterocycles. The second kappa shape index (κ2) is 32.2. The molecule has 0 radical (unpaired) electrons. The fourth-order valence-corrected chi connectivity index (χ4v) is 12.2. The molecule has 0 unspecified atom stereocenters. The highest BCUT2D eigenvalue weighted by molar-refractivity contribution is 8.00. The molecule has 25 nitrogen and oxygen atoms in total. The number of hydrogen-bond donors (Lipinski definition) is 3. The van der Waals surface area contributed by atoms with E-state index in [1.165, 1.54) is 47.7 Å². The fourth-order valence-electron chi connectivity index (χ4n) is 9.86. The average Bonchev–Trinajstić information content (AvgIpc) is 0.799. The molecule has 0 spiro atoms. The van der Waals surface area contributed by atoms with E-state index in [4.69, 9.17) is 54.3 Å². The minimum absolute atomic E-state index is 0.000135. The number of thiazole rings is 1. The summed E-state index contributed by atoms with van der Waals surface area (Å²) >= 11 is 9.47. The van der Waals surface area contributed by atoms with Crippen molar-refractivity contribution < 1.29 is 71.5 Å². The number of ether oxygens (including phenoxy) is 8. The van der Waals surface area contributed by atoms with Crippen LogP contribution in [0, 0.1) is 0 Å². The third kappa shape index (κ3) is 18.8. The summed E-state index contributed by atoms with van der Waals surface area (Å²) in [6.07, 6.45) is 1.68. The van der Waals surface area contributed by atoms with Crippen LogP contribution in [0.3, 0.4) is 0 Å². The summed E-state index contributed by atoms with van der Waals surface area (Å²) in [5.41, 5.74) is -2.04. The first kappa shape index (κ1) is 72.9. The number of anilines is 1. The quantitative estimate of drug-likeness (QED) is 0.00943. The predicted molar refractivity (Wildman–Crippen MR) is 364 cm³/mol. The molecular formula is C68H82ClN9O16S2. The highest BCUT2D eigenvalue weighted by Gasteiger charge is 2.55. The van der Waals surface area contributed by atoms with Crippen molar-refractivity contribution in [2.24, 2.45) is 5.16 Å². The number of nitrogens with one attached hydrogen (secondary N) is 3. The van der Waals surface area contributed by atoms with E-state index in [1.807, 2.05) is 48.2 Å². The zero-order chi connectivity index (χ0) is 69.6. The van der Waals surface area contributed by atoms with Crippen molar-refractivity contribution in [1.29, 1.82) is 0 Å². The van der Waals surface area contributed by atoms with Gasteiger partial charge in [-0.2, -0.15) is 5.10 Å². The number of thioether (sulfide) groups is 1. The maximum absolute atomic E-state index is 14.7. The highest BCUT2D eigenvalue weighted by atomic mass is 35.5. The molecular weight excluding hydrogens is 1300 g/mol. The van der Waals surface area contributed by atoms with Crippen LogP contribution in [0.25, 0.3) is 10.9 Å². The van der Waals surface area contributed by atoms with Crippen LogP contribution in [-0.2, 0) is 64.6 Å². The maximum atomic E-state index is 14.7. The molecule has 1 fully saturated rings. The van der Waals surface area contributed by atoms with E-state index < -0.39 is 80.8 Å². The number of esters is 2. The van der Waals surface area contributed by atoms with Gasteiger partial charge in [0.15, 0.2) is 28.0 Å². The largest absolute Gasteiger partial charge is 0.497 e. The fraction of sp³-hybridized carbons (Fsp3) is 0.441. The van der Waals surface area contributed by atoms with Gasteiger partial charge in [0.05, 0.1) is 37.3 Å². The number of hydrogen-bond acceptors (Lipinski definition) is 22. The van der Waals surface area contributed by atoms with Gasteiger partial charge in [0.2, 0.25) is 11.0 Å². The number of aromatic nitrogens is 3. The van der Waals surface area contributed by atoms with Crippen LogP contribution in [0.4, 0.5) is 9.93 Å². The van der Waals surface area contributed by atoms with Gasteiger partial charge in [0.1, 0.15) is 71.1 Å². The standard InChI is InChI=1S/C68H82ClN9O16S2/c1-14-16-17-31-76(32-30-70-58(80)53-56(79)50-48(77(15-2)74-53)33-49(89-35-40-18-24-44(86-11)25-19-40)57(51(50)69)90-36-41-20-26-45(87-12)27-21-41)34-43-38-95-61-54(60(82)78(61)55(43)62(83)91-37-42-22-28-46(88-13)29-23-42)72-59(81)52(75-94-68(9,10)63(84)92-66(3,4)5)47-39-96-64(71-47)73-65(85)93-67(6,7)8/h18-29,33,39,54,61H,14-17,30-32,34-38H2,1-13H3,(H,70,80)(H,72,81)(H,71,73,85)/b75-52-/t54-,61-/m1/s1. The summed E-state index contributed by atoms with van der Waals surface area (Å²) < 4.78 is 47.1. The summed E-state index contributed by atoms with van der Waals surface area (Å²) in [6, 6.07) is 21.9. The Morgan fingerprint density at radius 3 is 1.94 bits per heavy atom. The Bertz CT molecular complexity index is 3920. The number of unbranched alkanes of at least 4 members (excludes halogenated alkanes) is 2. The van der Waals surface area contributed by atoms with Crippen molar-refractivity contribution in [2.75, 3.05) is 58.6 Å². The third-order valence-electron chi connectivity index (χ3n) is 14.8. The Kier molecular flexibility index (Phi) is 24.5. The number of β-lactam (4-membered cyclic amide) rings is 1. The van der Waals surface area contributed by atoms with Crippen molar-refractivity contribution in [3.05, 3.63) is 139 Å². The van der Waals surface area contributed by atoms with Crippen molar-refractivity contribution in [3.63, 3.8) is 0 Å². The lowest BCUT2D eigenvalue weighted by molar-refractivity contribution is -0.179. The lowest BCUT2D eigenvalue weighted by Gasteiger charge is -2.50. The van der Waals surface area contributed by atoms with Crippen LogP contribution in [0.1, 0.15) is 121 Å². The lowest BCUT2D eigenvalue weighted by Crippen LogP contribution is -2.71. The molecule has 0 aliphatic carbocycles. The van der Waals surface area contributed by atoms with E-state index in [0.717, 1.165) is 41.7 Å². The van der Waals surface area contributed by atoms with Crippen molar-refractivity contribution in [2.45, 2.75) is 143 Å². The van der Waals surface area contributed by atoms with Crippen molar-refractivity contribution in [3.8, 4) is 28.7 Å². The molecule has 0 saturated carbocycles. The summed E-state index contributed by atoms with van der Waals surface area (Å²) in [4.78, 5) is 112. The Labute approximate surface area is 570 Å². The van der Waals surface area contributed by atoms with E-state index in [0.29, 0.717) is 40.4 Å². The second-order valence-electron chi connectivity index (χ2n) is 24.9. The molecule has 2 atom stereocenters. The van der Waals surface area contributed by atoms with Gasteiger partial charge in [-0.05, 0) is 134 Å². The molecule has 4 amide bonds. The first-order valence-corrected chi connectivity index (χ1v) is 33.5. The Morgan fingerprint density at radius 1 is 0.771 bits per heavy atom. The first-order chi connectivity index (χ1) is 45.6. The minimum Gasteiger partial charge on any atom is -0.497 e. The van der Waals surface area contributed by atoms with Gasteiger partial charge in [-0.15, -0.1) is 23.1 Å². The molecule has 0 bridgehead atoms. The topological polar surface area (TPSA) is 288 Å². The van der Waals surface area contributed by atoms with E-state index in [-0.39, 0.29) is 90.2 Å². The Balaban J connectivity index is 1.05. The van der Waals surface area contributed by atoms with Gasteiger partial charge in [-0.25, -0.2) is 19.4 Å². The molecule has 514 valence electrons. The number of benzene rings is 4. The number of carbonyl (C=O) groups excluding carboxylic acids is 6. The molecule has 96 heavy (non-hydrogen) atoms. The van der Waals surface area contributed by atoms with Gasteiger partial charge in [-0.3, -0.25) is 39.0 Å². The van der Waals surface area contributed by atoms with E-state index in [1.54, 1.807) is 98.2 Å². The number of carbonyl (C=O) groups is 6. The maximum Gasteiger partial charge on any atom is 0.413 e. The summed E-state index contributed by atoms with van der Waals surface area (Å²) in [5, 5.41) is 17.4. The summed E-state index contributed by atoms with van der Waals surface area (Å²) in [7, 11) is 4.69. The molecule has 1 saturated heterocycles. The lowest BCUT2D eigenvalue weighted by atomic mass is 10.0. The van der Waals surface area contributed by atoms with Crippen LogP contribution in [0.15, 0.2) is 105 Å². The van der Waals surface area contributed by atoms with Crippen LogP contribution in [0.2, 0.25) is 5.02 Å². The molecule has 6 aromatic rings. The Hall–Kier alpha value is -8.92. The van der Waals surface area contributed by atoms with E-state index >= 15 is 0 Å². The highest BCUT2D eigenvalue weighted by Crippen LogP contribution is 2.43. The van der Waals surface area contributed by atoms with Crippen LogP contribution < -0.4 is 45.1 Å². The number of nitrogens with zero attached hydrogens (tertiary/aromatic N) is 6. The van der Waals surface area contributed by atoms with Crippen LogP contribution in [-0.4, -0.2) is 148 Å². The van der Waals surface area contributed by atoms with Gasteiger partial charge in [0, 0.05) is 43.4 Å². The van der Waals surface area contributed by atoms with Gasteiger partial charge in [0.25, 0.3) is 17.7 Å². The monoisotopic (exact) mass is 1380 g/mol. The average molecular weight is 1380 g/mol. The zero-order valence-corrected chi connectivity index (χ0v) is 58.5. The van der Waals surface area contributed by atoms with Gasteiger partial charge < -0.3 is 53.4 Å². The molecule has 2 aromatic heterocycles. The molecule has 28 heteroatoms. The zero-order valence-electron chi connectivity index (χ0n) is 56.1. The summed E-state index contributed by atoms with van der Waals surface area (Å²) in [6.45, 7) is 18.0. The van der Waals surface area contributed by atoms with Crippen LogP contribution in [0.5, 0.6) is 28.7 Å². The summed E-state index contributed by atoms with van der Waals surface area (Å²) in [5.74, 6) is -1.46. The second-order valence-corrected chi connectivity index (χ2v) is 27.2. The number of rotatable bonds is 30. The predicted octanol–water partition coefficient (Wildman–Crippen LogP) is 10.2. The van der Waals surface area contributed by atoms with Crippen molar-refractivity contribution in [1.82, 2.24) is 35.2 Å². The molecule has 2 aliphatic heterocycles. The third-order valence-corrected chi connectivity index (χ3v) is 17.3. The molecule has 4 aromatic carbocycles. The molecule has 8 rings (SSSR count).